The first kappa shape index (κ1) is 10.1. The Labute approximate surface area is 93.3 Å². The molecule has 1 heterocycles. The summed E-state index contributed by atoms with van der Waals surface area (Å²) in [5.41, 5.74) is 2.13. The highest BCUT2D eigenvalue weighted by Gasteiger charge is 1.93. The summed E-state index contributed by atoms with van der Waals surface area (Å²) in [6, 6.07) is 12.0. The first-order valence-corrected chi connectivity index (χ1v) is 5.60. The van der Waals surface area contributed by atoms with Crippen LogP contribution in [0.4, 0.5) is 10.7 Å². The molecule has 0 aliphatic heterocycles. The van der Waals surface area contributed by atoms with Gasteiger partial charge in [0.15, 0.2) is 0 Å². The van der Waals surface area contributed by atoms with E-state index >= 15 is 0 Å². The number of azo groups is 1. The van der Waals surface area contributed by atoms with E-state index in [1.807, 2.05) is 36.4 Å². The minimum Gasteiger partial charge on any atom is -0.150 e. The van der Waals surface area contributed by atoms with E-state index in [4.69, 9.17) is 0 Å². The Morgan fingerprint density at radius 2 is 1.60 bits per heavy atom. The number of benzene rings is 1. The van der Waals surface area contributed by atoms with Gasteiger partial charge in [0.1, 0.15) is 5.00 Å². The van der Waals surface area contributed by atoms with Crippen LogP contribution in [0.5, 0.6) is 0 Å². The molecule has 0 atom stereocenters. The van der Waals surface area contributed by atoms with Crippen LogP contribution in [0.2, 0.25) is 0 Å². The number of aryl methyl sites for hydroxylation is 2. The van der Waals surface area contributed by atoms with Crippen molar-refractivity contribution in [1.82, 2.24) is 0 Å². The van der Waals surface area contributed by atoms with Crippen LogP contribution in [0, 0.1) is 13.8 Å². The molecule has 2 nitrogen and oxygen atoms in total. The first-order chi connectivity index (χ1) is 7.24. The summed E-state index contributed by atoms with van der Waals surface area (Å²) in [6.07, 6.45) is 0. The van der Waals surface area contributed by atoms with Crippen molar-refractivity contribution in [3.63, 3.8) is 0 Å². The Balaban J connectivity index is 2.14. The van der Waals surface area contributed by atoms with Crippen molar-refractivity contribution in [3.05, 3.63) is 46.8 Å². The number of thiophene rings is 1. The highest BCUT2D eigenvalue weighted by atomic mass is 32.1. The van der Waals surface area contributed by atoms with Gasteiger partial charge in [-0.2, -0.15) is 0 Å². The van der Waals surface area contributed by atoms with Crippen molar-refractivity contribution in [3.8, 4) is 0 Å². The molecule has 2 aromatic rings. The normalized spacial score (nSPS) is 11.1. The Bertz CT molecular complexity index is 469. The van der Waals surface area contributed by atoms with Gasteiger partial charge in [-0.1, -0.05) is 17.7 Å². The summed E-state index contributed by atoms with van der Waals surface area (Å²) < 4.78 is 0. The molecule has 2 rings (SSSR count). The summed E-state index contributed by atoms with van der Waals surface area (Å²) in [7, 11) is 0. The van der Waals surface area contributed by atoms with Gasteiger partial charge in [0.05, 0.1) is 5.69 Å². The third-order valence-corrected chi connectivity index (χ3v) is 2.91. The van der Waals surface area contributed by atoms with Gasteiger partial charge in [-0.15, -0.1) is 21.6 Å². The molecule has 15 heavy (non-hydrogen) atoms. The van der Waals surface area contributed by atoms with Crippen LogP contribution in [-0.4, -0.2) is 0 Å². The fourth-order valence-electron chi connectivity index (χ4n) is 1.19. The SMILES string of the molecule is Cc1ccc(N=Nc2ccc(C)s2)cc1. The smallest absolute Gasteiger partial charge is 0.139 e. The molecule has 0 fully saturated rings. The zero-order valence-electron chi connectivity index (χ0n) is 8.77. The molecule has 1 aromatic heterocycles. The van der Waals surface area contributed by atoms with Gasteiger partial charge in [0.2, 0.25) is 0 Å². The topological polar surface area (TPSA) is 24.7 Å². The fraction of sp³-hybridized carbons (Fsp3) is 0.167. The maximum absolute atomic E-state index is 4.17. The van der Waals surface area contributed by atoms with Crippen molar-refractivity contribution in [2.75, 3.05) is 0 Å². The lowest BCUT2D eigenvalue weighted by atomic mass is 10.2. The first-order valence-electron chi connectivity index (χ1n) is 4.79. The van der Waals surface area contributed by atoms with Gasteiger partial charge in [-0.3, -0.25) is 0 Å². The summed E-state index contributed by atoms with van der Waals surface area (Å²) in [5.74, 6) is 0. The van der Waals surface area contributed by atoms with Crippen LogP contribution in [0.25, 0.3) is 0 Å². The van der Waals surface area contributed by atoms with E-state index in [1.54, 1.807) is 11.3 Å². The zero-order valence-corrected chi connectivity index (χ0v) is 9.58. The maximum Gasteiger partial charge on any atom is 0.139 e. The zero-order chi connectivity index (χ0) is 10.7. The number of nitrogens with zero attached hydrogens (tertiary/aromatic N) is 2. The van der Waals surface area contributed by atoms with Gasteiger partial charge in [-0.25, -0.2) is 0 Å². The molecular weight excluding hydrogens is 204 g/mol. The van der Waals surface area contributed by atoms with Crippen molar-refractivity contribution in [2.24, 2.45) is 10.2 Å². The van der Waals surface area contributed by atoms with Gasteiger partial charge in [-0.05, 0) is 38.1 Å². The highest BCUT2D eigenvalue weighted by Crippen LogP contribution is 2.26. The van der Waals surface area contributed by atoms with Crippen LogP contribution in [0.15, 0.2) is 46.6 Å². The average molecular weight is 216 g/mol. The van der Waals surface area contributed by atoms with Crippen molar-refractivity contribution < 1.29 is 0 Å². The van der Waals surface area contributed by atoms with Gasteiger partial charge in [0, 0.05) is 4.88 Å². The summed E-state index contributed by atoms with van der Waals surface area (Å²) in [6.45, 7) is 4.12. The second-order valence-electron chi connectivity index (χ2n) is 3.42. The van der Waals surface area contributed by atoms with E-state index in [0.717, 1.165) is 10.7 Å². The molecule has 0 saturated heterocycles. The van der Waals surface area contributed by atoms with Gasteiger partial charge >= 0.3 is 0 Å². The molecule has 0 radical (unpaired) electrons. The summed E-state index contributed by atoms with van der Waals surface area (Å²) in [5, 5.41) is 9.29. The third kappa shape index (κ3) is 2.73. The second kappa shape index (κ2) is 4.36. The van der Waals surface area contributed by atoms with Crippen LogP contribution < -0.4 is 0 Å². The van der Waals surface area contributed by atoms with Crippen molar-refractivity contribution in [2.45, 2.75) is 13.8 Å². The predicted octanol–water partition coefficient (Wildman–Crippen LogP) is 4.78. The summed E-state index contributed by atoms with van der Waals surface area (Å²) >= 11 is 1.65. The van der Waals surface area contributed by atoms with Crippen LogP contribution in [0.1, 0.15) is 10.4 Å². The van der Waals surface area contributed by atoms with Gasteiger partial charge < -0.3 is 0 Å². The minimum absolute atomic E-state index is 0.895. The molecule has 0 spiro atoms. The molecule has 1 aromatic carbocycles. The quantitative estimate of drug-likeness (QED) is 0.645. The van der Waals surface area contributed by atoms with Crippen molar-refractivity contribution in [1.29, 1.82) is 0 Å². The molecule has 0 bridgehead atoms. The molecule has 0 saturated carbocycles. The second-order valence-corrected chi connectivity index (χ2v) is 4.69. The van der Waals surface area contributed by atoms with E-state index in [9.17, 15) is 0 Å². The lowest BCUT2D eigenvalue weighted by molar-refractivity contribution is 1.25. The van der Waals surface area contributed by atoms with E-state index in [0.29, 0.717) is 0 Å². The Kier molecular flexibility index (Phi) is 2.92. The molecule has 0 amide bonds. The lowest BCUT2D eigenvalue weighted by Crippen LogP contribution is -1.67. The van der Waals surface area contributed by atoms with E-state index in [2.05, 4.69) is 24.1 Å². The predicted molar refractivity (Wildman–Crippen MR) is 64.4 cm³/mol. The van der Waals surface area contributed by atoms with Crippen LogP contribution >= 0.6 is 11.3 Å². The largest absolute Gasteiger partial charge is 0.150 e. The fourth-order valence-corrected chi connectivity index (χ4v) is 1.88. The van der Waals surface area contributed by atoms with E-state index < -0.39 is 0 Å². The Morgan fingerprint density at radius 3 is 2.20 bits per heavy atom. The molecule has 0 aliphatic carbocycles. The number of hydrogen-bond donors (Lipinski definition) is 0. The molecule has 0 unspecified atom stereocenters. The highest BCUT2D eigenvalue weighted by molar-refractivity contribution is 7.15. The molecule has 3 heteroatoms. The Hall–Kier alpha value is -1.48. The molecule has 0 aliphatic rings. The van der Waals surface area contributed by atoms with Crippen LogP contribution in [0.3, 0.4) is 0 Å². The van der Waals surface area contributed by atoms with Gasteiger partial charge in [0.25, 0.3) is 0 Å². The maximum atomic E-state index is 4.17. The standard InChI is InChI=1S/C12H12N2S/c1-9-3-6-11(7-4-9)13-14-12-8-5-10(2)15-12/h3-8H,1-2H3. The minimum atomic E-state index is 0.895. The van der Waals surface area contributed by atoms with E-state index in [1.165, 1.54) is 10.4 Å². The number of hydrogen-bond acceptors (Lipinski definition) is 3. The molecule has 0 N–H and O–H groups in total. The molecular formula is C12H12N2S. The summed E-state index contributed by atoms with van der Waals surface area (Å²) in [4.78, 5) is 1.26. The molecule has 76 valence electrons. The third-order valence-electron chi connectivity index (χ3n) is 2.02. The lowest BCUT2D eigenvalue weighted by Gasteiger charge is -1.92. The van der Waals surface area contributed by atoms with Crippen molar-refractivity contribution >= 4 is 22.0 Å². The average Bonchev–Trinajstić information content (AvgIpc) is 2.64. The van der Waals surface area contributed by atoms with E-state index in [-0.39, 0.29) is 0 Å². The number of rotatable bonds is 2. The Morgan fingerprint density at radius 1 is 0.867 bits per heavy atom. The monoisotopic (exact) mass is 216 g/mol. The van der Waals surface area contributed by atoms with Crippen LogP contribution in [-0.2, 0) is 0 Å².